The molecule has 2 rings (SSSR count). The van der Waals surface area contributed by atoms with E-state index in [1.807, 2.05) is 33.8 Å². The summed E-state index contributed by atoms with van der Waals surface area (Å²) in [5, 5.41) is 3.45. The van der Waals surface area contributed by atoms with Gasteiger partial charge in [0.2, 0.25) is 0 Å². The largest absolute Gasteiger partial charge is 0.284 e. The minimum absolute atomic E-state index is 0.303. The molecule has 0 aromatic carbocycles. The van der Waals surface area contributed by atoms with E-state index in [2.05, 4.69) is 42.4 Å². The highest BCUT2D eigenvalue weighted by molar-refractivity contribution is 6.03. The SMILES string of the molecule is CC.CC.CC(C)C1N=C2C=CC=CC2N1. The first-order valence-electron chi connectivity index (χ1n) is 6.46. The van der Waals surface area contributed by atoms with Crippen molar-refractivity contribution in [3.8, 4) is 0 Å². The number of rotatable bonds is 1. The molecule has 0 saturated carbocycles. The monoisotopic (exact) mass is 222 g/mol. The van der Waals surface area contributed by atoms with Crippen LogP contribution in [0, 0.1) is 5.92 Å². The van der Waals surface area contributed by atoms with Crippen LogP contribution in [0.25, 0.3) is 0 Å². The van der Waals surface area contributed by atoms with Gasteiger partial charge in [-0.15, -0.1) is 0 Å². The Balaban J connectivity index is 0.000000509. The lowest BCUT2D eigenvalue weighted by Gasteiger charge is -2.14. The molecule has 0 aromatic rings. The summed E-state index contributed by atoms with van der Waals surface area (Å²) < 4.78 is 0. The average Bonchev–Trinajstić information content (AvgIpc) is 2.78. The normalized spacial score (nSPS) is 25.1. The van der Waals surface area contributed by atoms with Crippen molar-refractivity contribution in [1.82, 2.24) is 5.32 Å². The van der Waals surface area contributed by atoms with Crippen molar-refractivity contribution >= 4 is 5.71 Å². The molecule has 1 N–H and O–H groups in total. The van der Waals surface area contributed by atoms with Crippen LogP contribution in [0.2, 0.25) is 0 Å². The quantitative estimate of drug-likeness (QED) is 0.721. The molecule has 16 heavy (non-hydrogen) atoms. The van der Waals surface area contributed by atoms with Crippen molar-refractivity contribution in [3.63, 3.8) is 0 Å². The maximum absolute atomic E-state index is 4.58. The molecular formula is C14H26N2. The van der Waals surface area contributed by atoms with Crippen molar-refractivity contribution in [3.05, 3.63) is 24.3 Å². The van der Waals surface area contributed by atoms with Crippen LogP contribution in [0.4, 0.5) is 0 Å². The van der Waals surface area contributed by atoms with E-state index in [-0.39, 0.29) is 0 Å². The third-order valence-electron chi connectivity index (χ3n) is 2.27. The van der Waals surface area contributed by atoms with Crippen LogP contribution in [0.15, 0.2) is 29.3 Å². The zero-order valence-corrected chi connectivity index (χ0v) is 11.5. The standard InChI is InChI=1S/C10H14N2.2C2H6/c1-7(2)10-11-8-5-3-4-6-9(8)12-10;2*1-2/h3-8,10-11H,1-2H3;2*1-2H3. The average molecular weight is 222 g/mol. The van der Waals surface area contributed by atoms with Gasteiger partial charge in [-0.25, -0.2) is 0 Å². The molecule has 0 saturated heterocycles. The predicted molar refractivity (Wildman–Crippen MR) is 74.0 cm³/mol. The number of aliphatic imine (C=N–C) groups is 1. The summed E-state index contributed by atoms with van der Waals surface area (Å²) in [4.78, 5) is 4.58. The number of nitrogens with zero attached hydrogens (tertiary/aromatic N) is 1. The summed E-state index contributed by atoms with van der Waals surface area (Å²) in [6.07, 6.45) is 8.65. The number of hydrogen-bond donors (Lipinski definition) is 1. The molecule has 0 amide bonds. The van der Waals surface area contributed by atoms with Gasteiger partial charge < -0.3 is 0 Å². The second-order valence-corrected chi connectivity index (χ2v) is 3.63. The first kappa shape index (κ1) is 15.1. The van der Waals surface area contributed by atoms with Gasteiger partial charge in [0.25, 0.3) is 0 Å². The summed E-state index contributed by atoms with van der Waals surface area (Å²) in [5.41, 5.74) is 1.18. The molecule has 2 nitrogen and oxygen atoms in total. The van der Waals surface area contributed by atoms with E-state index >= 15 is 0 Å². The van der Waals surface area contributed by atoms with Crippen LogP contribution < -0.4 is 5.32 Å². The molecule has 2 unspecified atom stereocenters. The summed E-state index contributed by atoms with van der Waals surface area (Å²) in [5.74, 6) is 0.574. The summed E-state index contributed by atoms with van der Waals surface area (Å²) >= 11 is 0. The van der Waals surface area contributed by atoms with Gasteiger partial charge in [-0.2, -0.15) is 0 Å². The molecule has 92 valence electrons. The van der Waals surface area contributed by atoms with Crippen LogP contribution in [-0.4, -0.2) is 17.9 Å². The first-order chi connectivity index (χ1) is 7.77. The van der Waals surface area contributed by atoms with Gasteiger partial charge in [0, 0.05) is 0 Å². The van der Waals surface area contributed by atoms with Gasteiger partial charge in [0.1, 0.15) is 6.17 Å². The molecule has 0 radical (unpaired) electrons. The number of fused-ring (bicyclic) bond motifs is 1. The Labute approximate surface area is 101 Å². The summed E-state index contributed by atoms with van der Waals surface area (Å²) in [6, 6.07) is 0.363. The van der Waals surface area contributed by atoms with Crippen molar-refractivity contribution in [2.75, 3.05) is 0 Å². The van der Waals surface area contributed by atoms with Gasteiger partial charge >= 0.3 is 0 Å². The maximum atomic E-state index is 4.58. The number of allylic oxidation sites excluding steroid dienone is 2. The van der Waals surface area contributed by atoms with Crippen LogP contribution in [0.5, 0.6) is 0 Å². The Hall–Kier alpha value is -0.890. The van der Waals surface area contributed by atoms with E-state index in [9.17, 15) is 0 Å². The highest BCUT2D eigenvalue weighted by Gasteiger charge is 2.26. The first-order valence-corrected chi connectivity index (χ1v) is 6.46. The van der Waals surface area contributed by atoms with E-state index in [1.54, 1.807) is 0 Å². The van der Waals surface area contributed by atoms with Crippen LogP contribution >= 0.6 is 0 Å². The fraction of sp³-hybridized carbons (Fsp3) is 0.643. The van der Waals surface area contributed by atoms with E-state index in [1.165, 1.54) is 5.71 Å². The van der Waals surface area contributed by atoms with Gasteiger partial charge in [-0.3, -0.25) is 10.3 Å². The lowest BCUT2D eigenvalue weighted by atomic mass is 10.1. The van der Waals surface area contributed by atoms with Gasteiger partial charge in [-0.1, -0.05) is 59.8 Å². The third kappa shape index (κ3) is 3.93. The second-order valence-electron chi connectivity index (χ2n) is 3.63. The predicted octanol–water partition coefficient (Wildman–Crippen LogP) is 3.56. The molecule has 1 aliphatic carbocycles. The number of hydrogen-bond acceptors (Lipinski definition) is 2. The van der Waals surface area contributed by atoms with Crippen molar-refractivity contribution in [1.29, 1.82) is 0 Å². The fourth-order valence-electron chi connectivity index (χ4n) is 1.52. The van der Waals surface area contributed by atoms with E-state index in [4.69, 9.17) is 0 Å². The molecule has 0 bridgehead atoms. The van der Waals surface area contributed by atoms with Crippen molar-refractivity contribution in [2.45, 2.75) is 53.8 Å². The van der Waals surface area contributed by atoms with E-state index in [0.29, 0.717) is 18.1 Å². The zero-order valence-electron chi connectivity index (χ0n) is 11.5. The van der Waals surface area contributed by atoms with Crippen LogP contribution in [0.1, 0.15) is 41.5 Å². The third-order valence-corrected chi connectivity index (χ3v) is 2.27. The molecule has 0 fully saturated rings. The molecule has 0 aromatic heterocycles. The Morgan fingerprint density at radius 2 is 1.75 bits per heavy atom. The molecule has 2 aliphatic rings. The fourth-order valence-corrected chi connectivity index (χ4v) is 1.52. The Bertz CT molecular complexity index is 262. The Kier molecular flexibility index (Phi) is 7.82. The minimum Gasteiger partial charge on any atom is -0.284 e. The van der Waals surface area contributed by atoms with E-state index < -0.39 is 0 Å². The molecule has 0 spiro atoms. The second kappa shape index (κ2) is 8.28. The van der Waals surface area contributed by atoms with Crippen LogP contribution in [0.3, 0.4) is 0 Å². The minimum atomic E-state index is 0.303. The maximum Gasteiger partial charge on any atom is 0.103 e. The lowest BCUT2D eigenvalue weighted by Crippen LogP contribution is -2.35. The van der Waals surface area contributed by atoms with E-state index in [0.717, 1.165) is 0 Å². The topological polar surface area (TPSA) is 24.4 Å². The molecule has 1 aliphatic heterocycles. The lowest BCUT2D eigenvalue weighted by molar-refractivity contribution is 0.438. The smallest absolute Gasteiger partial charge is 0.103 e. The Morgan fingerprint density at radius 1 is 1.12 bits per heavy atom. The molecule has 2 atom stereocenters. The van der Waals surface area contributed by atoms with Gasteiger partial charge in [-0.05, 0) is 12.0 Å². The summed E-state index contributed by atoms with van der Waals surface area (Å²) in [7, 11) is 0. The van der Waals surface area contributed by atoms with Gasteiger partial charge in [0.15, 0.2) is 0 Å². The Morgan fingerprint density at radius 3 is 2.25 bits per heavy atom. The van der Waals surface area contributed by atoms with Gasteiger partial charge in [0.05, 0.1) is 11.8 Å². The highest BCUT2D eigenvalue weighted by Crippen LogP contribution is 2.15. The zero-order chi connectivity index (χ0) is 12.6. The van der Waals surface area contributed by atoms with Crippen molar-refractivity contribution < 1.29 is 0 Å². The highest BCUT2D eigenvalue weighted by atomic mass is 15.2. The summed E-state index contributed by atoms with van der Waals surface area (Å²) in [6.45, 7) is 12.4. The molecule has 1 heterocycles. The molecule has 2 heteroatoms. The number of nitrogens with one attached hydrogen (secondary N) is 1. The molecular weight excluding hydrogens is 196 g/mol. The van der Waals surface area contributed by atoms with Crippen LogP contribution in [-0.2, 0) is 0 Å². The van der Waals surface area contributed by atoms with Crippen molar-refractivity contribution in [2.24, 2.45) is 10.9 Å².